The second-order valence-electron chi connectivity index (χ2n) is 15.0. The van der Waals surface area contributed by atoms with E-state index in [1.165, 1.54) is 0 Å². The first-order valence-electron chi connectivity index (χ1n) is 18.0. The number of benzene rings is 2. The van der Waals surface area contributed by atoms with Gasteiger partial charge >= 0.3 is 51.4 Å². The maximum absolute atomic E-state index is 15.6. The minimum Gasteiger partial charge on any atom is -0.619 e. The maximum atomic E-state index is 15.6. The third kappa shape index (κ3) is 10.1. The number of alkyl halides is 2. The minimum absolute atomic E-state index is 0. The normalized spacial score (nSPS) is 18.6. The Bertz CT molecular complexity index is 2040. The largest absolute Gasteiger partial charge is 1.00 e. The maximum Gasteiger partial charge on any atom is 1.00 e. The molecule has 0 saturated carbocycles. The van der Waals surface area contributed by atoms with Gasteiger partial charge in [0.2, 0.25) is 17.7 Å². The molecule has 55 heavy (non-hydrogen) atoms. The molecule has 13 nitrogen and oxygen atoms in total. The molecule has 3 amide bonds. The fraction of sp³-hybridized carbons (Fsp3) is 0.436. The van der Waals surface area contributed by atoms with Crippen LogP contribution in [0.15, 0.2) is 59.3 Å². The van der Waals surface area contributed by atoms with Crippen molar-refractivity contribution in [3.05, 3.63) is 105 Å². The number of nitrogens with zero attached hydrogens (tertiary/aromatic N) is 5. The summed E-state index contributed by atoms with van der Waals surface area (Å²) in [5.74, 6) is -4.64. The number of carbonyl (C=O) groups excluding carboxylic acids is 3. The van der Waals surface area contributed by atoms with Gasteiger partial charge in [-0.2, -0.15) is 4.98 Å². The summed E-state index contributed by atoms with van der Waals surface area (Å²) < 4.78 is 38.0. The van der Waals surface area contributed by atoms with Crippen LogP contribution in [0, 0.1) is 12.3 Å². The number of hydrogen-bond donors (Lipinski definition) is 4. The molecule has 2 fully saturated rings. The van der Waals surface area contributed by atoms with E-state index in [1.807, 2.05) is 58.2 Å². The summed E-state index contributed by atoms with van der Waals surface area (Å²) >= 11 is 0. The van der Waals surface area contributed by atoms with Gasteiger partial charge in [0.05, 0.1) is 23.9 Å². The molecule has 2 aliphatic heterocycles. The van der Waals surface area contributed by atoms with Crippen LogP contribution in [0.4, 0.5) is 14.5 Å². The Labute approximate surface area is 361 Å². The van der Waals surface area contributed by atoms with Gasteiger partial charge in [0.1, 0.15) is 6.04 Å². The summed E-state index contributed by atoms with van der Waals surface area (Å²) in [6.07, 6.45) is 3.27. The number of anilines is 1. The topological polar surface area (TPSA) is 172 Å². The molecule has 2 aromatic carbocycles. The fourth-order valence-corrected chi connectivity index (χ4v) is 6.81. The second-order valence-corrected chi connectivity index (χ2v) is 15.0. The van der Waals surface area contributed by atoms with Crippen molar-refractivity contribution in [2.45, 2.75) is 83.2 Å². The van der Waals surface area contributed by atoms with Gasteiger partial charge in [0.15, 0.2) is 0 Å². The smallest absolute Gasteiger partial charge is 0.619 e. The summed E-state index contributed by atoms with van der Waals surface area (Å²) in [5.41, 5.74) is 9.29. The van der Waals surface area contributed by atoms with Crippen molar-refractivity contribution >= 4 is 29.1 Å². The molecule has 6 rings (SSSR count). The van der Waals surface area contributed by atoms with Crippen molar-refractivity contribution < 1.29 is 79.1 Å². The van der Waals surface area contributed by atoms with Crippen molar-refractivity contribution in [2.24, 2.45) is 0 Å². The standard InChI is InChI=1S/C39H46F2N9O4.K/c1-23-18-26(6-7-27(23)20-44-36(53)34-47-37(54-48-34)38(2,3)4)33(42)31-19-24(21-50(31)43-5)14-16-49-17-15-29(39(40,41)22-49)25-8-10-28(11-9-25)45-30-12-13-32(51)46-35(30)52;/h6-11,18-19,21,29-30,42,45H,12-17,20,22H2,1-5H3,(H,44,53)(H,46,51,52);/q-1;+1. The SMILES string of the molecule is C[N-]n1cc(CCN2CCC(c3ccc(NC4CCC(=O)NC4=O)cc3)C(F)(F)C2)cc1C(=N)c1ccc(CNC(=O)c2noc(C(C)(C)C)n2)c(C)c1.[K+]. The fourth-order valence-electron chi connectivity index (χ4n) is 6.81. The number of aryl methyl sites for hydroxylation is 1. The van der Waals surface area contributed by atoms with Gasteiger partial charge in [-0.3, -0.25) is 30.0 Å². The Hall–Kier alpha value is -3.80. The van der Waals surface area contributed by atoms with Crippen LogP contribution in [0.1, 0.15) is 96.0 Å². The monoisotopic (exact) mass is 781 g/mol. The number of rotatable bonds is 12. The van der Waals surface area contributed by atoms with Crippen LogP contribution >= 0.6 is 0 Å². The van der Waals surface area contributed by atoms with Crippen LogP contribution in [0.5, 0.6) is 0 Å². The first kappa shape index (κ1) is 42.3. The molecular formula is C39H46F2KN9O4. The van der Waals surface area contributed by atoms with Gasteiger partial charge in [-0.05, 0) is 85.4 Å². The molecule has 286 valence electrons. The number of amides is 3. The predicted molar refractivity (Wildman–Crippen MR) is 199 cm³/mol. The van der Waals surface area contributed by atoms with E-state index >= 15 is 8.78 Å². The molecule has 4 heterocycles. The Morgan fingerprint density at radius 2 is 1.87 bits per heavy atom. The number of aromatic nitrogens is 3. The summed E-state index contributed by atoms with van der Waals surface area (Å²) in [4.78, 5) is 42.1. The zero-order chi connectivity index (χ0) is 38.8. The zero-order valence-electron chi connectivity index (χ0n) is 32.1. The number of piperidine rings is 2. The summed E-state index contributed by atoms with van der Waals surface area (Å²) in [5, 5.41) is 21.0. The Morgan fingerprint density at radius 1 is 1.13 bits per heavy atom. The molecular weight excluding hydrogens is 736 g/mol. The summed E-state index contributed by atoms with van der Waals surface area (Å²) in [7, 11) is 1.63. The predicted octanol–water partition coefficient (Wildman–Crippen LogP) is 2.48. The number of halogens is 2. The van der Waals surface area contributed by atoms with Gasteiger partial charge < -0.3 is 25.3 Å². The van der Waals surface area contributed by atoms with Crippen molar-refractivity contribution in [1.82, 2.24) is 30.4 Å². The Kier molecular flexibility index (Phi) is 13.5. The Balaban J connectivity index is 0.00000580. The number of likely N-dealkylation sites (tertiary alicyclic amines) is 1. The third-order valence-corrected chi connectivity index (χ3v) is 9.96. The minimum atomic E-state index is -2.94. The molecule has 0 radical (unpaired) electrons. The molecule has 0 spiro atoms. The van der Waals surface area contributed by atoms with Crippen LogP contribution in [-0.2, 0) is 28.0 Å². The van der Waals surface area contributed by atoms with Crippen molar-refractivity contribution in [1.29, 1.82) is 5.41 Å². The first-order valence-corrected chi connectivity index (χ1v) is 18.0. The molecule has 4 aromatic rings. The van der Waals surface area contributed by atoms with Crippen LogP contribution in [0.25, 0.3) is 5.43 Å². The van der Waals surface area contributed by atoms with Gasteiger partial charge in [-0.25, -0.2) is 8.78 Å². The van der Waals surface area contributed by atoms with E-state index in [1.54, 1.807) is 40.9 Å². The quantitative estimate of drug-likeness (QED) is 0.0965. The summed E-state index contributed by atoms with van der Waals surface area (Å²) in [6, 6.07) is 13.7. The number of carbonyl (C=O) groups is 3. The van der Waals surface area contributed by atoms with E-state index in [-0.39, 0.29) is 99.7 Å². The van der Waals surface area contributed by atoms with Gasteiger partial charge in [0.25, 0.3) is 17.7 Å². The Morgan fingerprint density at radius 3 is 2.51 bits per heavy atom. The molecule has 0 bridgehead atoms. The molecule has 4 N–H and O–H groups in total. The van der Waals surface area contributed by atoms with Crippen molar-refractivity contribution in [2.75, 3.05) is 32.0 Å². The van der Waals surface area contributed by atoms with E-state index < -0.39 is 23.8 Å². The molecule has 2 aromatic heterocycles. The zero-order valence-corrected chi connectivity index (χ0v) is 35.3. The van der Waals surface area contributed by atoms with Crippen LogP contribution in [0.2, 0.25) is 0 Å². The first-order chi connectivity index (χ1) is 25.6. The average molecular weight is 782 g/mol. The summed E-state index contributed by atoms with van der Waals surface area (Å²) in [6.45, 7) is 8.49. The average Bonchev–Trinajstić information content (AvgIpc) is 3.80. The van der Waals surface area contributed by atoms with Gasteiger partial charge in [-0.1, -0.05) is 50.2 Å². The van der Waals surface area contributed by atoms with Crippen molar-refractivity contribution in [3.8, 4) is 0 Å². The van der Waals surface area contributed by atoms with Gasteiger partial charge in [-0.15, -0.1) is 7.05 Å². The van der Waals surface area contributed by atoms with E-state index in [4.69, 9.17) is 9.93 Å². The van der Waals surface area contributed by atoms with E-state index in [0.29, 0.717) is 60.8 Å². The van der Waals surface area contributed by atoms with Crippen LogP contribution in [0.3, 0.4) is 0 Å². The molecule has 2 aliphatic rings. The number of imide groups is 1. The van der Waals surface area contributed by atoms with Crippen LogP contribution in [-0.4, -0.2) is 81.8 Å². The molecule has 16 heteroatoms. The number of nitrogens with one attached hydrogen (secondary N) is 4. The molecule has 0 aliphatic carbocycles. The molecule has 2 saturated heterocycles. The second kappa shape index (κ2) is 17.6. The van der Waals surface area contributed by atoms with Gasteiger partial charge in [0, 0.05) is 36.2 Å². The van der Waals surface area contributed by atoms with E-state index in [0.717, 1.165) is 16.7 Å². The van der Waals surface area contributed by atoms with E-state index in [2.05, 4.69) is 31.5 Å². The molecule has 2 unspecified atom stereocenters. The number of hydrogen-bond acceptors (Lipinski definition) is 9. The van der Waals surface area contributed by atoms with E-state index in [9.17, 15) is 14.4 Å². The van der Waals surface area contributed by atoms with Crippen molar-refractivity contribution in [3.63, 3.8) is 0 Å². The molecule has 2 atom stereocenters. The van der Waals surface area contributed by atoms with Crippen LogP contribution < -0.4 is 67.3 Å². The third-order valence-electron chi connectivity index (χ3n) is 9.96.